The molecule has 1 rings (SSSR count). The van der Waals surface area contributed by atoms with Crippen LogP contribution in [0.3, 0.4) is 0 Å². The van der Waals surface area contributed by atoms with Gasteiger partial charge >= 0.3 is 8.56 Å². The van der Waals surface area contributed by atoms with Gasteiger partial charge in [-0.2, -0.15) is 0 Å². The van der Waals surface area contributed by atoms with E-state index in [1.807, 2.05) is 13.0 Å². The van der Waals surface area contributed by atoms with Crippen LogP contribution in [0.1, 0.15) is 31.9 Å². The van der Waals surface area contributed by atoms with Gasteiger partial charge in [-0.1, -0.05) is 50.8 Å². The number of benzene rings is 1. The third-order valence-corrected chi connectivity index (χ3v) is 6.84. The van der Waals surface area contributed by atoms with Crippen LogP contribution in [-0.4, -0.2) is 15.2 Å². The summed E-state index contributed by atoms with van der Waals surface area (Å²) in [4.78, 5) is 0. The monoisotopic (exact) mass is 264 g/mol. The van der Waals surface area contributed by atoms with E-state index in [1.54, 1.807) is 0 Å². The zero-order valence-electron chi connectivity index (χ0n) is 11.7. The van der Waals surface area contributed by atoms with Crippen molar-refractivity contribution in [3.8, 4) is 0 Å². The van der Waals surface area contributed by atoms with E-state index >= 15 is 0 Å². The van der Waals surface area contributed by atoms with E-state index in [0.717, 1.165) is 24.3 Å². The topological polar surface area (TPSA) is 18.5 Å². The maximum absolute atomic E-state index is 6.12. The van der Waals surface area contributed by atoms with E-state index in [0.29, 0.717) is 6.61 Å². The van der Waals surface area contributed by atoms with Gasteiger partial charge < -0.3 is 8.85 Å². The lowest BCUT2D eigenvalue weighted by Crippen LogP contribution is -2.40. The van der Waals surface area contributed by atoms with Crippen LogP contribution in [0.5, 0.6) is 0 Å². The van der Waals surface area contributed by atoms with Crippen LogP contribution in [0.2, 0.25) is 12.1 Å². The maximum Gasteiger partial charge on any atom is 0.337 e. The van der Waals surface area contributed by atoms with Crippen LogP contribution < -0.4 is 0 Å². The molecule has 0 fully saturated rings. The molecule has 0 atom stereocenters. The van der Waals surface area contributed by atoms with Crippen molar-refractivity contribution in [3.05, 3.63) is 42.0 Å². The van der Waals surface area contributed by atoms with Crippen LogP contribution in [0.25, 0.3) is 6.08 Å². The highest BCUT2D eigenvalue weighted by atomic mass is 28.4. The van der Waals surface area contributed by atoms with Crippen molar-refractivity contribution < 1.29 is 8.85 Å². The Morgan fingerprint density at radius 1 is 1.06 bits per heavy atom. The molecule has 0 unspecified atom stereocenters. The highest BCUT2D eigenvalue weighted by molar-refractivity contribution is 6.67. The average Bonchev–Trinajstić information content (AvgIpc) is 2.44. The molecule has 3 heteroatoms. The third-order valence-electron chi connectivity index (χ3n) is 3.20. The number of hydrogen-bond acceptors (Lipinski definition) is 2. The summed E-state index contributed by atoms with van der Waals surface area (Å²) >= 11 is 0. The third kappa shape index (κ3) is 4.09. The first-order chi connectivity index (χ1) is 8.69. The molecular weight excluding hydrogens is 240 g/mol. The maximum atomic E-state index is 6.12. The molecule has 0 saturated heterocycles. The van der Waals surface area contributed by atoms with Gasteiger partial charge in [-0.25, -0.2) is 0 Å². The fourth-order valence-corrected chi connectivity index (χ4v) is 4.28. The Hall–Kier alpha value is -0.903. The standard InChI is InChI=1S/C15H24O2Si/c1-5-14-9-11-15(12-10-14)13-17-18(7-3,8-4)16-6-2/h5,9-12H,1,6-8,13H2,2-4H3. The van der Waals surface area contributed by atoms with Gasteiger partial charge in [0.2, 0.25) is 0 Å². The minimum Gasteiger partial charge on any atom is -0.394 e. The lowest BCUT2D eigenvalue weighted by Gasteiger charge is -2.28. The molecule has 0 amide bonds. The summed E-state index contributed by atoms with van der Waals surface area (Å²) < 4.78 is 12.0. The average molecular weight is 264 g/mol. The lowest BCUT2D eigenvalue weighted by molar-refractivity contribution is 0.168. The Bertz CT molecular complexity index is 355. The second-order valence-corrected chi connectivity index (χ2v) is 8.10. The first kappa shape index (κ1) is 15.2. The van der Waals surface area contributed by atoms with Crippen molar-refractivity contribution in [1.82, 2.24) is 0 Å². The Labute approximate surface area is 112 Å². The Balaban J connectivity index is 2.63. The molecule has 0 saturated carbocycles. The number of hydrogen-bond donors (Lipinski definition) is 0. The zero-order chi connectivity index (χ0) is 13.4. The van der Waals surface area contributed by atoms with E-state index in [9.17, 15) is 0 Å². The molecule has 0 aliphatic carbocycles. The molecule has 0 aliphatic heterocycles. The molecule has 0 heterocycles. The van der Waals surface area contributed by atoms with Gasteiger partial charge in [0.25, 0.3) is 0 Å². The zero-order valence-corrected chi connectivity index (χ0v) is 12.7. The van der Waals surface area contributed by atoms with Gasteiger partial charge in [-0.15, -0.1) is 0 Å². The minimum absolute atomic E-state index is 0.644. The molecule has 0 aliphatic rings. The summed E-state index contributed by atoms with van der Waals surface area (Å²) in [7, 11) is -1.97. The van der Waals surface area contributed by atoms with E-state index in [1.165, 1.54) is 5.56 Å². The summed E-state index contributed by atoms with van der Waals surface area (Å²) in [6.45, 7) is 11.5. The van der Waals surface area contributed by atoms with Crippen LogP contribution in [-0.2, 0) is 15.5 Å². The smallest absolute Gasteiger partial charge is 0.337 e. The predicted octanol–water partition coefficient (Wildman–Crippen LogP) is 4.36. The van der Waals surface area contributed by atoms with Gasteiger partial charge in [-0.3, -0.25) is 0 Å². The summed E-state index contributed by atoms with van der Waals surface area (Å²) in [5.74, 6) is 0. The largest absolute Gasteiger partial charge is 0.394 e. The highest BCUT2D eigenvalue weighted by Crippen LogP contribution is 2.20. The van der Waals surface area contributed by atoms with E-state index in [4.69, 9.17) is 8.85 Å². The van der Waals surface area contributed by atoms with Crippen molar-refractivity contribution in [2.45, 2.75) is 39.5 Å². The molecule has 2 nitrogen and oxygen atoms in total. The quantitative estimate of drug-likeness (QED) is 0.649. The molecule has 0 radical (unpaired) electrons. The number of rotatable bonds is 8. The molecule has 1 aromatic carbocycles. The molecule has 18 heavy (non-hydrogen) atoms. The Morgan fingerprint density at radius 3 is 2.11 bits per heavy atom. The summed E-state index contributed by atoms with van der Waals surface area (Å²) in [5.41, 5.74) is 2.33. The summed E-state index contributed by atoms with van der Waals surface area (Å²) in [6.07, 6.45) is 1.85. The van der Waals surface area contributed by atoms with Crippen molar-refractivity contribution in [1.29, 1.82) is 0 Å². The molecule has 0 bridgehead atoms. The van der Waals surface area contributed by atoms with Crippen LogP contribution in [0.4, 0.5) is 0 Å². The van der Waals surface area contributed by atoms with Crippen molar-refractivity contribution in [3.63, 3.8) is 0 Å². The van der Waals surface area contributed by atoms with Gasteiger partial charge in [0.15, 0.2) is 0 Å². The molecular formula is C15H24O2Si. The fraction of sp³-hybridized carbons (Fsp3) is 0.467. The Kier molecular flexibility index (Phi) is 6.33. The van der Waals surface area contributed by atoms with Crippen LogP contribution in [0, 0.1) is 0 Å². The lowest BCUT2D eigenvalue weighted by atomic mass is 10.1. The van der Waals surface area contributed by atoms with E-state index in [-0.39, 0.29) is 0 Å². The minimum atomic E-state index is -1.97. The molecule has 0 spiro atoms. The molecule has 1 aromatic rings. The molecule has 100 valence electrons. The van der Waals surface area contributed by atoms with Gasteiger partial charge in [-0.05, 0) is 30.1 Å². The van der Waals surface area contributed by atoms with Crippen molar-refractivity contribution in [2.24, 2.45) is 0 Å². The van der Waals surface area contributed by atoms with Crippen LogP contribution in [0.15, 0.2) is 30.8 Å². The van der Waals surface area contributed by atoms with E-state index < -0.39 is 8.56 Å². The van der Waals surface area contributed by atoms with Crippen molar-refractivity contribution >= 4 is 14.6 Å². The summed E-state index contributed by atoms with van der Waals surface area (Å²) in [6, 6.07) is 10.3. The van der Waals surface area contributed by atoms with Gasteiger partial charge in [0, 0.05) is 6.61 Å². The van der Waals surface area contributed by atoms with Gasteiger partial charge in [0.1, 0.15) is 0 Å². The first-order valence-corrected chi connectivity index (χ1v) is 8.92. The highest BCUT2D eigenvalue weighted by Gasteiger charge is 2.32. The Morgan fingerprint density at radius 2 is 1.67 bits per heavy atom. The second-order valence-electron chi connectivity index (χ2n) is 4.29. The molecule has 0 N–H and O–H groups in total. The van der Waals surface area contributed by atoms with Crippen molar-refractivity contribution in [2.75, 3.05) is 6.61 Å². The van der Waals surface area contributed by atoms with Crippen LogP contribution >= 0.6 is 0 Å². The predicted molar refractivity (Wildman–Crippen MR) is 79.7 cm³/mol. The van der Waals surface area contributed by atoms with E-state index in [2.05, 4.69) is 44.7 Å². The molecule has 0 aromatic heterocycles. The van der Waals surface area contributed by atoms with Gasteiger partial charge in [0.05, 0.1) is 6.61 Å². The SMILES string of the molecule is C=Cc1ccc(CO[Si](CC)(CC)OCC)cc1. The normalized spacial score (nSPS) is 11.5. The fourth-order valence-electron chi connectivity index (χ4n) is 1.93. The summed E-state index contributed by atoms with van der Waals surface area (Å²) in [5, 5.41) is 0. The first-order valence-electron chi connectivity index (χ1n) is 6.69. The second kappa shape index (κ2) is 7.51.